The third-order valence-electron chi connectivity index (χ3n) is 7.13. The molecule has 1 amide bonds. The fraction of sp³-hybridized carbons (Fsp3) is 0.414. The Labute approximate surface area is 219 Å². The first kappa shape index (κ1) is 26.3. The molecule has 1 saturated heterocycles. The highest BCUT2D eigenvalue weighted by atomic mass is 19.3. The number of hydrogen-bond acceptors (Lipinski definition) is 5. The van der Waals surface area contributed by atoms with Crippen molar-refractivity contribution in [3.05, 3.63) is 71.5 Å². The topological polar surface area (TPSA) is 71.0 Å². The van der Waals surface area contributed by atoms with Crippen LogP contribution in [0.25, 0.3) is 10.8 Å². The molecule has 2 aliphatic heterocycles. The van der Waals surface area contributed by atoms with E-state index in [-0.39, 0.29) is 18.8 Å². The molecular weight excluding hydrogens is 497 g/mol. The lowest BCUT2D eigenvalue weighted by molar-refractivity contribution is -0.148. The molecule has 0 bridgehead atoms. The highest BCUT2D eigenvalue weighted by Gasteiger charge is 2.41. The van der Waals surface area contributed by atoms with Crippen molar-refractivity contribution in [3.8, 4) is 11.5 Å². The van der Waals surface area contributed by atoms with Gasteiger partial charge in [0.2, 0.25) is 0 Å². The zero-order valence-electron chi connectivity index (χ0n) is 21.1. The maximum atomic E-state index is 15.0. The number of carbonyl (C=O) groups is 1. The molecule has 0 saturated carbocycles. The Kier molecular flexibility index (Phi) is 7.49. The number of rotatable bonds is 9. The first-order valence-electron chi connectivity index (χ1n) is 12.8. The van der Waals surface area contributed by atoms with Crippen LogP contribution >= 0.6 is 0 Å². The molecule has 2 heterocycles. The molecule has 5 rings (SSSR count). The van der Waals surface area contributed by atoms with Crippen molar-refractivity contribution in [2.24, 2.45) is 5.92 Å². The van der Waals surface area contributed by atoms with Gasteiger partial charge in [-0.3, -0.25) is 4.79 Å². The van der Waals surface area contributed by atoms with E-state index in [1.807, 2.05) is 4.90 Å². The zero-order valence-corrected chi connectivity index (χ0v) is 21.1. The molecule has 0 radical (unpaired) electrons. The van der Waals surface area contributed by atoms with Crippen LogP contribution in [0.5, 0.6) is 11.5 Å². The van der Waals surface area contributed by atoms with Gasteiger partial charge in [-0.1, -0.05) is 37.3 Å². The molecule has 2 N–H and O–H groups in total. The molecule has 202 valence electrons. The highest BCUT2D eigenvalue weighted by Crippen LogP contribution is 2.34. The monoisotopic (exact) mass is 528 g/mol. The van der Waals surface area contributed by atoms with Crippen LogP contribution in [0.4, 0.5) is 13.2 Å². The number of halogens is 3. The van der Waals surface area contributed by atoms with Crippen LogP contribution in [0.1, 0.15) is 30.6 Å². The van der Waals surface area contributed by atoms with E-state index >= 15 is 8.78 Å². The molecule has 2 aliphatic rings. The van der Waals surface area contributed by atoms with E-state index in [4.69, 9.17) is 9.47 Å². The third-order valence-corrected chi connectivity index (χ3v) is 7.13. The fourth-order valence-electron chi connectivity index (χ4n) is 5.07. The lowest BCUT2D eigenvalue weighted by atomic mass is 9.96. The van der Waals surface area contributed by atoms with Crippen molar-refractivity contribution in [2.45, 2.75) is 37.8 Å². The predicted molar refractivity (Wildman–Crippen MR) is 137 cm³/mol. The van der Waals surface area contributed by atoms with Crippen LogP contribution in [0.3, 0.4) is 0 Å². The van der Waals surface area contributed by atoms with Crippen LogP contribution in [0.15, 0.2) is 54.6 Å². The van der Waals surface area contributed by atoms with Gasteiger partial charge < -0.3 is 24.8 Å². The smallest absolute Gasteiger partial charge is 0.324 e. The molecule has 0 unspecified atom stereocenters. The number of likely N-dealkylation sites (tertiary alicyclic amines) is 1. The summed E-state index contributed by atoms with van der Waals surface area (Å²) in [4.78, 5) is 14.8. The summed E-state index contributed by atoms with van der Waals surface area (Å²) in [6, 6.07) is 13.4. The lowest BCUT2D eigenvalue weighted by Crippen LogP contribution is -2.56. The number of nitrogens with one attached hydrogen (secondary N) is 1. The van der Waals surface area contributed by atoms with Crippen LogP contribution in [-0.2, 0) is 11.2 Å². The number of aryl methyl sites for hydroxylation is 1. The average Bonchev–Trinajstić information content (AvgIpc) is 2.89. The summed E-state index contributed by atoms with van der Waals surface area (Å²) in [7, 11) is 0. The third kappa shape index (κ3) is 5.89. The van der Waals surface area contributed by atoms with E-state index in [9.17, 15) is 14.3 Å². The number of amides is 1. The largest absolute Gasteiger partial charge is 0.486 e. The van der Waals surface area contributed by atoms with E-state index in [2.05, 4.69) is 12.2 Å². The first-order chi connectivity index (χ1) is 18.2. The molecule has 2 atom stereocenters. The van der Waals surface area contributed by atoms with E-state index in [1.165, 1.54) is 12.1 Å². The van der Waals surface area contributed by atoms with Crippen molar-refractivity contribution in [1.82, 2.24) is 10.2 Å². The number of aliphatic hydroxyl groups is 1. The Hall–Kier alpha value is -3.30. The second-order valence-electron chi connectivity index (χ2n) is 10.3. The molecule has 0 spiro atoms. The SMILES string of the molecule is CC1CN(C[C@@H](NC(=O)C(F)(F)CCc2ccc3cc(F)ccc3c2)[C@H](O)c2ccc3c(c2)OCCO3)C1. The molecular formula is C29H31F3N2O4. The van der Waals surface area contributed by atoms with Crippen LogP contribution < -0.4 is 14.8 Å². The van der Waals surface area contributed by atoms with Gasteiger partial charge in [0.1, 0.15) is 25.1 Å². The second-order valence-corrected chi connectivity index (χ2v) is 10.3. The Morgan fingerprint density at radius 2 is 1.76 bits per heavy atom. The summed E-state index contributed by atoms with van der Waals surface area (Å²) in [5, 5.41) is 15.0. The quantitative estimate of drug-likeness (QED) is 0.429. The van der Waals surface area contributed by atoms with Gasteiger partial charge in [-0.05, 0) is 58.5 Å². The van der Waals surface area contributed by atoms with E-state index < -0.39 is 30.4 Å². The van der Waals surface area contributed by atoms with Gasteiger partial charge >= 0.3 is 5.92 Å². The number of aliphatic hydroxyl groups excluding tert-OH is 1. The molecule has 1 fully saturated rings. The predicted octanol–water partition coefficient (Wildman–Crippen LogP) is 4.49. The number of hydrogen-bond donors (Lipinski definition) is 2. The van der Waals surface area contributed by atoms with Gasteiger partial charge in [0.05, 0.1) is 6.04 Å². The number of benzene rings is 3. The highest BCUT2D eigenvalue weighted by molar-refractivity contribution is 5.84. The number of ether oxygens (including phenoxy) is 2. The number of alkyl halides is 2. The minimum Gasteiger partial charge on any atom is -0.486 e. The Morgan fingerprint density at radius 1 is 1.05 bits per heavy atom. The summed E-state index contributed by atoms with van der Waals surface area (Å²) in [5.74, 6) is -3.94. The van der Waals surface area contributed by atoms with Crippen molar-refractivity contribution in [3.63, 3.8) is 0 Å². The lowest BCUT2D eigenvalue weighted by Gasteiger charge is -2.40. The second kappa shape index (κ2) is 10.8. The molecule has 38 heavy (non-hydrogen) atoms. The Bertz CT molecular complexity index is 1310. The average molecular weight is 529 g/mol. The summed E-state index contributed by atoms with van der Waals surface area (Å²) in [6.45, 7) is 4.65. The normalized spacial score (nSPS) is 17.6. The van der Waals surface area contributed by atoms with Gasteiger partial charge in [-0.15, -0.1) is 0 Å². The summed E-state index contributed by atoms with van der Waals surface area (Å²) in [5.41, 5.74) is 1.07. The molecule has 6 nitrogen and oxygen atoms in total. The minimum absolute atomic E-state index is 0.0350. The van der Waals surface area contributed by atoms with E-state index in [0.29, 0.717) is 47.1 Å². The van der Waals surface area contributed by atoms with Crippen molar-refractivity contribution >= 4 is 16.7 Å². The molecule has 3 aromatic carbocycles. The number of nitrogens with zero attached hydrogens (tertiary/aromatic N) is 1. The minimum atomic E-state index is -3.65. The molecule has 0 aromatic heterocycles. The summed E-state index contributed by atoms with van der Waals surface area (Å²) in [6.07, 6.45) is -1.95. The van der Waals surface area contributed by atoms with Gasteiger partial charge in [0.25, 0.3) is 5.91 Å². The van der Waals surface area contributed by atoms with Gasteiger partial charge in [-0.25, -0.2) is 4.39 Å². The van der Waals surface area contributed by atoms with Crippen LogP contribution in [0.2, 0.25) is 0 Å². The maximum Gasteiger partial charge on any atom is 0.324 e. The Morgan fingerprint density at radius 3 is 2.53 bits per heavy atom. The van der Waals surface area contributed by atoms with Gasteiger partial charge in [0.15, 0.2) is 11.5 Å². The van der Waals surface area contributed by atoms with E-state index in [1.54, 1.807) is 42.5 Å². The first-order valence-corrected chi connectivity index (χ1v) is 12.8. The summed E-state index contributed by atoms with van der Waals surface area (Å²) < 4.78 is 54.6. The van der Waals surface area contributed by atoms with Crippen molar-refractivity contribution in [1.29, 1.82) is 0 Å². The Balaban J connectivity index is 1.27. The number of carbonyl (C=O) groups excluding carboxylic acids is 1. The van der Waals surface area contributed by atoms with Crippen LogP contribution in [0, 0.1) is 11.7 Å². The fourth-order valence-corrected chi connectivity index (χ4v) is 5.07. The maximum absolute atomic E-state index is 15.0. The van der Waals surface area contributed by atoms with Crippen LogP contribution in [-0.4, -0.2) is 60.7 Å². The van der Waals surface area contributed by atoms with Crippen molar-refractivity contribution < 1.29 is 32.5 Å². The molecule has 3 aromatic rings. The molecule has 0 aliphatic carbocycles. The van der Waals surface area contributed by atoms with Gasteiger partial charge in [-0.2, -0.15) is 8.78 Å². The van der Waals surface area contributed by atoms with Crippen molar-refractivity contribution in [2.75, 3.05) is 32.8 Å². The zero-order chi connectivity index (χ0) is 26.9. The van der Waals surface area contributed by atoms with E-state index in [0.717, 1.165) is 18.5 Å². The molecule has 9 heteroatoms. The standard InChI is InChI=1S/C29H31F3N2O4/c1-18-15-34(16-18)17-24(27(35)22-5-7-25-26(14-22)38-11-10-37-25)33-28(36)29(31,32)9-8-19-2-3-21-13-23(30)6-4-20(21)12-19/h2-7,12-14,18,24,27,35H,8-11,15-17H2,1H3,(H,33,36)/t24-,27-/m1/s1. The van der Waals surface area contributed by atoms with Gasteiger partial charge in [0, 0.05) is 26.1 Å². The summed E-state index contributed by atoms with van der Waals surface area (Å²) >= 11 is 0. The number of fused-ring (bicyclic) bond motifs is 2.